The van der Waals surface area contributed by atoms with E-state index in [4.69, 9.17) is 14.7 Å². The number of carbonyl (C=O) groups excluding carboxylic acids is 1. The molecule has 0 bridgehead atoms. The number of piperazine rings is 1. The number of ether oxygens (including phenoxy) is 1. The van der Waals surface area contributed by atoms with Crippen molar-refractivity contribution in [3.05, 3.63) is 45.8 Å². The Hall–Kier alpha value is -2.45. The van der Waals surface area contributed by atoms with Crippen LogP contribution in [0.5, 0.6) is 6.01 Å². The molecule has 2 aromatic rings. The molecule has 4 aliphatic rings. The highest BCUT2D eigenvalue weighted by Crippen LogP contribution is 2.48. The number of anilines is 1. The van der Waals surface area contributed by atoms with Crippen molar-refractivity contribution in [2.75, 3.05) is 38.2 Å². The van der Waals surface area contributed by atoms with E-state index in [0.717, 1.165) is 57.4 Å². The molecule has 4 heterocycles. The lowest BCUT2D eigenvalue weighted by atomic mass is 9.65. The molecule has 0 aromatic carbocycles. The van der Waals surface area contributed by atoms with Crippen LogP contribution in [0.1, 0.15) is 74.1 Å². The number of likely N-dealkylation sites (N-methyl/N-ethyl adjacent to an activating group) is 1. The van der Waals surface area contributed by atoms with Gasteiger partial charge in [-0.05, 0) is 107 Å². The SMILES string of the molecule is C=CC(=O)N1CC(C)N(c2nc(OCC3CCCN3C)nc3c2CCC2(CCc4sccc4C2)C3)CC1CCC. The van der Waals surface area contributed by atoms with Crippen LogP contribution < -0.4 is 9.64 Å². The highest BCUT2D eigenvalue weighted by molar-refractivity contribution is 7.10. The lowest BCUT2D eigenvalue weighted by Crippen LogP contribution is -2.59. The van der Waals surface area contributed by atoms with Gasteiger partial charge in [0.1, 0.15) is 12.4 Å². The van der Waals surface area contributed by atoms with E-state index in [0.29, 0.717) is 25.2 Å². The second-order valence-electron chi connectivity index (χ2n) is 12.7. The van der Waals surface area contributed by atoms with Crippen molar-refractivity contribution < 1.29 is 9.53 Å². The number of nitrogens with zero attached hydrogens (tertiary/aromatic N) is 5. The van der Waals surface area contributed by atoms with Crippen LogP contribution >= 0.6 is 11.3 Å². The lowest BCUT2D eigenvalue weighted by molar-refractivity contribution is -0.129. The van der Waals surface area contributed by atoms with Crippen LogP contribution in [0.4, 0.5) is 5.82 Å². The van der Waals surface area contributed by atoms with Crippen LogP contribution in [-0.2, 0) is 30.5 Å². The number of thiophene rings is 1. The molecule has 0 N–H and O–H groups in total. The Morgan fingerprint density at radius 2 is 2.08 bits per heavy atom. The maximum atomic E-state index is 12.7. The summed E-state index contributed by atoms with van der Waals surface area (Å²) in [5.41, 5.74) is 4.32. The molecule has 2 saturated heterocycles. The predicted molar refractivity (Wildman–Crippen MR) is 161 cm³/mol. The van der Waals surface area contributed by atoms with Gasteiger partial charge in [0.15, 0.2) is 0 Å². The van der Waals surface area contributed by atoms with Crippen molar-refractivity contribution in [1.82, 2.24) is 19.8 Å². The Kier molecular flexibility index (Phi) is 7.92. The smallest absolute Gasteiger partial charge is 0.318 e. The standard InChI is InChI=1S/C32H45N5O2S/c1-5-8-24-20-36(22(3)19-37(24)29(38)6-2)30-26-10-13-32(14-11-28-23(17-32)12-16-40-28)18-27(26)33-31(34-30)39-21-25-9-7-15-35(25)4/h6,12,16,22,24-25H,2,5,7-11,13-15,17-21H2,1,3-4H3. The molecular weight excluding hydrogens is 518 g/mol. The molecule has 0 saturated carbocycles. The molecule has 216 valence electrons. The van der Waals surface area contributed by atoms with E-state index in [9.17, 15) is 4.79 Å². The molecule has 4 atom stereocenters. The minimum absolute atomic E-state index is 0.0337. The molecule has 7 nitrogen and oxygen atoms in total. The fraction of sp³-hybridized carbons (Fsp3) is 0.656. The maximum Gasteiger partial charge on any atom is 0.318 e. The number of hydrogen-bond donors (Lipinski definition) is 0. The summed E-state index contributed by atoms with van der Waals surface area (Å²) in [4.78, 5) is 31.5. The quantitative estimate of drug-likeness (QED) is 0.439. The molecule has 2 aliphatic heterocycles. The Labute approximate surface area is 243 Å². The molecule has 8 heteroatoms. The number of carbonyl (C=O) groups is 1. The largest absolute Gasteiger partial charge is 0.462 e. The van der Waals surface area contributed by atoms with Gasteiger partial charge in [-0.15, -0.1) is 11.3 Å². The summed E-state index contributed by atoms with van der Waals surface area (Å²) in [6.07, 6.45) is 12.6. The van der Waals surface area contributed by atoms with Crippen LogP contribution in [-0.4, -0.2) is 77.1 Å². The third-order valence-electron chi connectivity index (χ3n) is 10.1. The van der Waals surface area contributed by atoms with Crippen LogP contribution in [0.2, 0.25) is 0 Å². The lowest BCUT2D eigenvalue weighted by Gasteiger charge is -2.47. The normalized spacial score (nSPS) is 28.4. The Balaban J connectivity index is 1.32. The van der Waals surface area contributed by atoms with Gasteiger partial charge in [-0.25, -0.2) is 0 Å². The van der Waals surface area contributed by atoms with Gasteiger partial charge >= 0.3 is 6.01 Å². The highest BCUT2D eigenvalue weighted by atomic mass is 32.1. The second-order valence-corrected chi connectivity index (χ2v) is 13.7. The van der Waals surface area contributed by atoms with Crippen molar-refractivity contribution in [1.29, 1.82) is 0 Å². The topological polar surface area (TPSA) is 61.8 Å². The maximum absolute atomic E-state index is 12.7. The molecule has 40 heavy (non-hydrogen) atoms. The zero-order valence-corrected chi connectivity index (χ0v) is 25.3. The van der Waals surface area contributed by atoms with Gasteiger partial charge in [-0.3, -0.25) is 4.79 Å². The average molecular weight is 564 g/mol. The van der Waals surface area contributed by atoms with Crippen molar-refractivity contribution in [3.63, 3.8) is 0 Å². The summed E-state index contributed by atoms with van der Waals surface area (Å²) in [7, 11) is 2.19. The summed E-state index contributed by atoms with van der Waals surface area (Å²) in [6, 6.07) is 3.60. The zero-order valence-electron chi connectivity index (χ0n) is 24.5. The van der Waals surface area contributed by atoms with Crippen molar-refractivity contribution in [2.24, 2.45) is 5.41 Å². The summed E-state index contributed by atoms with van der Waals surface area (Å²) < 4.78 is 6.40. The third-order valence-corrected chi connectivity index (χ3v) is 11.1. The van der Waals surface area contributed by atoms with E-state index in [1.807, 2.05) is 16.2 Å². The van der Waals surface area contributed by atoms with Crippen LogP contribution in [0.25, 0.3) is 0 Å². The summed E-state index contributed by atoms with van der Waals surface area (Å²) in [6.45, 7) is 11.4. The Morgan fingerprint density at radius 1 is 1.23 bits per heavy atom. The number of rotatable bonds is 7. The minimum atomic E-state index is 0.0337. The molecule has 2 fully saturated rings. The van der Waals surface area contributed by atoms with E-state index in [-0.39, 0.29) is 23.4 Å². The second kappa shape index (κ2) is 11.4. The molecule has 2 aliphatic carbocycles. The summed E-state index contributed by atoms with van der Waals surface area (Å²) >= 11 is 1.92. The van der Waals surface area contributed by atoms with E-state index in [1.54, 1.807) is 10.4 Å². The van der Waals surface area contributed by atoms with E-state index < -0.39 is 0 Å². The average Bonchev–Trinajstić information content (AvgIpc) is 3.59. The number of hydrogen-bond acceptors (Lipinski definition) is 7. The van der Waals surface area contributed by atoms with Gasteiger partial charge < -0.3 is 19.4 Å². The van der Waals surface area contributed by atoms with Gasteiger partial charge in [0.05, 0.1) is 5.69 Å². The fourth-order valence-corrected chi connectivity index (χ4v) is 8.58. The molecule has 2 aromatic heterocycles. The molecule has 1 amide bonds. The van der Waals surface area contributed by atoms with Crippen LogP contribution in [0.15, 0.2) is 24.1 Å². The Bertz CT molecular complexity index is 1250. The first-order valence-corrected chi connectivity index (χ1v) is 16.3. The Morgan fingerprint density at radius 3 is 2.85 bits per heavy atom. The van der Waals surface area contributed by atoms with E-state index in [1.165, 1.54) is 43.0 Å². The fourth-order valence-electron chi connectivity index (χ4n) is 7.67. The van der Waals surface area contributed by atoms with Gasteiger partial charge in [0.2, 0.25) is 5.91 Å². The van der Waals surface area contributed by atoms with Gasteiger partial charge in [-0.1, -0.05) is 19.9 Å². The van der Waals surface area contributed by atoms with Gasteiger partial charge in [0, 0.05) is 41.7 Å². The molecule has 4 unspecified atom stereocenters. The summed E-state index contributed by atoms with van der Waals surface area (Å²) in [5, 5.41) is 2.26. The number of amides is 1. The predicted octanol–water partition coefficient (Wildman–Crippen LogP) is 5.07. The first kappa shape index (κ1) is 27.7. The zero-order chi connectivity index (χ0) is 27.9. The summed E-state index contributed by atoms with van der Waals surface area (Å²) in [5.74, 6) is 1.08. The number of aromatic nitrogens is 2. The first-order chi connectivity index (χ1) is 19.4. The van der Waals surface area contributed by atoms with E-state index in [2.05, 4.69) is 48.7 Å². The number of likely N-dealkylation sites (tertiary alicyclic amines) is 1. The molecule has 0 radical (unpaired) electrons. The van der Waals surface area contributed by atoms with Crippen molar-refractivity contribution in [3.8, 4) is 6.01 Å². The number of fused-ring (bicyclic) bond motifs is 2. The third kappa shape index (κ3) is 5.29. The molecular formula is C32H45N5O2S. The monoisotopic (exact) mass is 563 g/mol. The highest BCUT2D eigenvalue weighted by Gasteiger charge is 2.42. The molecule has 6 rings (SSSR count). The van der Waals surface area contributed by atoms with Crippen molar-refractivity contribution >= 4 is 23.1 Å². The minimum Gasteiger partial charge on any atom is -0.462 e. The van der Waals surface area contributed by atoms with Crippen LogP contribution in [0, 0.1) is 5.41 Å². The van der Waals surface area contributed by atoms with Crippen molar-refractivity contribution in [2.45, 2.75) is 96.2 Å². The first-order valence-electron chi connectivity index (χ1n) is 15.4. The van der Waals surface area contributed by atoms with Gasteiger partial charge in [-0.2, -0.15) is 9.97 Å². The van der Waals surface area contributed by atoms with E-state index >= 15 is 0 Å². The van der Waals surface area contributed by atoms with Gasteiger partial charge in [0.25, 0.3) is 0 Å². The molecule has 1 spiro atoms. The number of aryl methyl sites for hydroxylation is 1. The van der Waals surface area contributed by atoms with Crippen LogP contribution in [0.3, 0.4) is 0 Å².